The Balaban J connectivity index is 2.67. The van der Waals surface area contributed by atoms with Crippen molar-refractivity contribution in [2.45, 2.75) is 0 Å². The summed E-state index contributed by atoms with van der Waals surface area (Å²) in [5, 5.41) is 2.19. The highest BCUT2D eigenvalue weighted by molar-refractivity contribution is 6.21. The second-order valence-electron chi connectivity index (χ2n) is 2.69. The van der Waals surface area contributed by atoms with Gasteiger partial charge in [0.2, 0.25) is 0 Å². The largest absolute Gasteiger partial charge is 0.288 e. The van der Waals surface area contributed by atoms with Crippen molar-refractivity contribution >= 4 is 11.8 Å². The smallest absolute Gasteiger partial charge is 0.258 e. The van der Waals surface area contributed by atoms with Crippen LogP contribution in [0.25, 0.3) is 0 Å². The molecule has 3 heteroatoms. The van der Waals surface area contributed by atoms with Crippen LogP contribution >= 0.6 is 0 Å². The molecule has 0 saturated heterocycles. The first-order chi connectivity index (χ1) is 6.22. The summed E-state index contributed by atoms with van der Waals surface area (Å²) in [4.78, 5) is 22.2. The molecule has 1 aromatic rings. The molecule has 0 fully saturated rings. The summed E-state index contributed by atoms with van der Waals surface area (Å²) in [7, 11) is 0. The van der Waals surface area contributed by atoms with Crippen LogP contribution in [0.4, 0.5) is 0 Å². The quantitative estimate of drug-likeness (QED) is 0.457. The third-order valence-corrected chi connectivity index (χ3v) is 1.90. The number of hydrogen-bond acceptors (Lipinski definition) is 2. The van der Waals surface area contributed by atoms with Crippen molar-refractivity contribution in [3.63, 3.8) is 0 Å². The zero-order chi connectivity index (χ0) is 9.42. The molecule has 2 rings (SSSR count). The van der Waals surface area contributed by atoms with Crippen molar-refractivity contribution in [2.75, 3.05) is 0 Å². The standard InChI is InChI=1S/C10H5NO2/c1-2-6-3-4-7-8(5-6)10(13)11-9(7)12/h1,3-5H,(H,11,12,13). The summed E-state index contributed by atoms with van der Waals surface area (Å²) < 4.78 is 0. The molecular weight excluding hydrogens is 166 g/mol. The van der Waals surface area contributed by atoms with Gasteiger partial charge in [-0.05, 0) is 18.2 Å². The van der Waals surface area contributed by atoms with Gasteiger partial charge < -0.3 is 0 Å². The van der Waals surface area contributed by atoms with Crippen molar-refractivity contribution in [2.24, 2.45) is 0 Å². The van der Waals surface area contributed by atoms with Gasteiger partial charge in [0.05, 0.1) is 11.1 Å². The number of carbonyl (C=O) groups excluding carboxylic acids is 2. The minimum Gasteiger partial charge on any atom is -0.288 e. The lowest BCUT2D eigenvalue weighted by Gasteiger charge is -1.93. The molecule has 0 aliphatic carbocycles. The first-order valence-corrected chi connectivity index (χ1v) is 3.68. The van der Waals surface area contributed by atoms with E-state index >= 15 is 0 Å². The van der Waals surface area contributed by atoms with Gasteiger partial charge in [-0.1, -0.05) is 5.92 Å². The Morgan fingerprint density at radius 2 is 1.85 bits per heavy atom. The number of carbonyl (C=O) groups is 2. The van der Waals surface area contributed by atoms with E-state index in [0.717, 1.165) is 0 Å². The Labute approximate surface area is 74.8 Å². The lowest BCUT2D eigenvalue weighted by Crippen LogP contribution is -2.19. The molecule has 1 aliphatic heterocycles. The average Bonchev–Trinajstić information content (AvgIpc) is 2.42. The number of imide groups is 1. The molecule has 0 radical (unpaired) electrons. The van der Waals surface area contributed by atoms with Gasteiger partial charge in [-0.25, -0.2) is 0 Å². The lowest BCUT2D eigenvalue weighted by molar-refractivity contribution is 0.0879. The van der Waals surface area contributed by atoms with Gasteiger partial charge in [-0.3, -0.25) is 14.9 Å². The van der Waals surface area contributed by atoms with E-state index in [1.54, 1.807) is 12.1 Å². The van der Waals surface area contributed by atoms with Crippen molar-refractivity contribution in [3.8, 4) is 12.3 Å². The first kappa shape index (κ1) is 7.56. The molecule has 3 nitrogen and oxygen atoms in total. The van der Waals surface area contributed by atoms with Gasteiger partial charge in [-0.2, -0.15) is 0 Å². The molecule has 2 amide bonds. The van der Waals surface area contributed by atoms with Gasteiger partial charge in [0.15, 0.2) is 0 Å². The van der Waals surface area contributed by atoms with Crippen LogP contribution in [-0.2, 0) is 0 Å². The van der Waals surface area contributed by atoms with Crippen LogP contribution in [0, 0.1) is 12.3 Å². The first-order valence-electron chi connectivity index (χ1n) is 3.68. The number of fused-ring (bicyclic) bond motifs is 1. The molecule has 1 heterocycles. The maximum Gasteiger partial charge on any atom is 0.258 e. The average molecular weight is 171 g/mol. The molecule has 0 spiro atoms. The zero-order valence-electron chi connectivity index (χ0n) is 6.63. The zero-order valence-corrected chi connectivity index (χ0v) is 6.63. The molecular formula is C10H5NO2. The predicted molar refractivity (Wildman–Crippen MR) is 46.2 cm³/mol. The lowest BCUT2D eigenvalue weighted by atomic mass is 10.1. The highest BCUT2D eigenvalue weighted by Crippen LogP contribution is 2.16. The highest BCUT2D eigenvalue weighted by Gasteiger charge is 2.26. The Bertz CT molecular complexity index is 454. The summed E-state index contributed by atoms with van der Waals surface area (Å²) in [6.07, 6.45) is 5.16. The monoisotopic (exact) mass is 171 g/mol. The molecule has 1 aliphatic rings. The molecule has 1 N–H and O–H groups in total. The summed E-state index contributed by atoms with van der Waals surface area (Å²) in [6.45, 7) is 0. The van der Waals surface area contributed by atoms with Gasteiger partial charge in [0.25, 0.3) is 11.8 Å². The summed E-state index contributed by atoms with van der Waals surface area (Å²) >= 11 is 0. The second-order valence-corrected chi connectivity index (χ2v) is 2.69. The van der Waals surface area contributed by atoms with Gasteiger partial charge >= 0.3 is 0 Å². The summed E-state index contributed by atoms with van der Waals surface area (Å²) in [5.74, 6) is 1.67. The maximum absolute atomic E-state index is 11.1. The predicted octanol–water partition coefficient (Wildman–Crippen LogP) is 0.552. The molecule has 0 aromatic heterocycles. The SMILES string of the molecule is C#Cc1ccc2c(c1)C(=O)NC2=O. The van der Waals surface area contributed by atoms with Crippen LogP contribution in [0.15, 0.2) is 18.2 Å². The minimum atomic E-state index is -0.378. The Morgan fingerprint density at radius 1 is 1.15 bits per heavy atom. The van der Waals surface area contributed by atoms with E-state index in [2.05, 4.69) is 11.2 Å². The number of hydrogen-bond donors (Lipinski definition) is 1. The number of benzene rings is 1. The second kappa shape index (κ2) is 2.46. The van der Waals surface area contributed by atoms with Crippen molar-refractivity contribution in [1.82, 2.24) is 5.32 Å². The van der Waals surface area contributed by atoms with Crippen molar-refractivity contribution in [1.29, 1.82) is 0 Å². The molecule has 62 valence electrons. The Morgan fingerprint density at radius 3 is 2.54 bits per heavy atom. The summed E-state index contributed by atoms with van der Waals surface area (Å²) in [5.41, 5.74) is 1.35. The Hall–Kier alpha value is -2.08. The van der Waals surface area contributed by atoms with Crippen molar-refractivity contribution in [3.05, 3.63) is 34.9 Å². The number of amides is 2. The van der Waals surface area contributed by atoms with E-state index in [4.69, 9.17) is 6.42 Å². The van der Waals surface area contributed by atoms with Crippen LogP contribution in [0.5, 0.6) is 0 Å². The fraction of sp³-hybridized carbons (Fsp3) is 0. The van der Waals surface area contributed by atoms with Gasteiger partial charge in [0.1, 0.15) is 0 Å². The number of terminal acetylenes is 1. The van der Waals surface area contributed by atoms with Crippen LogP contribution in [0.1, 0.15) is 26.3 Å². The third kappa shape index (κ3) is 1.00. The normalized spacial score (nSPS) is 13.5. The topological polar surface area (TPSA) is 46.2 Å². The Kier molecular flexibility index (Phi) is 1.43. The fourth-order valence-corrected chi connectivity index (χ4v) is 1.26. The molecule has 0 saturated carbocycles. The van der Waals surface area contributed by atoms with E-state index in [1.165, 1.54) is 6.07 Å². The van der Waals surface area contributed by atoms with Crippen LogP contribution in [0.2, 0.25) is 0 Å². The summed E-state index contributed by atoms with van der Waals surface area (Å²) in [6, 6.07) is 4.73. The van der Waals surface area contributed by atoms with E-state index in [0.29, 0.717) is 16.7 Å². The maximum atomic E-state index is 11.1. The molecule has 0 atom stereocenters. The number of rotatable bonds is 0. The van der Waals surface area contributed by atoms with E-state index < -0.39 is 0 Å². The minimum absolute atomic E-state index is 0.358. The third-order valence-electron chi connectivity index (χ3n) is 1.90. The number of nitrogens with one attached hydrogen (secondary N) is 1. The fourth-order valence-electron chi connectivity index (χ4n) is 1.26. The molecule has 0 bridgehead atoms. The highest BCUT2D eigenvalue weighted by atomic mass is 16.2. The van der Waals surface area contributed by atoms with Crippen molar-refractivity contribution < 1.29 is 9.59 Å². The van der Waals surface area contributed by atoms with Crippen LogP contribution in [-0.4, -0.2) is 11.8 Å². The van der Waals surface area contributed by atoms with Gasteiger partial charge in [-0.15, -0.1) is 6.42 Å². The van der Waals surface area contributed by atoms with Gasteiger partial charge in [0, 0.05) is 5.56 Å². The molecule has 13 heavy (non-hydrogen) atoms. The van der Waals surface area contributed by atoms with E-state index in [1.807, 2.05) is 0 Å². The van der Waals surface area contributed by atoms with E-state index in [9.17, 15) is 9.59 Å². The molecule has 1 aromatic carbocycles. The van der Waals surface area contributed by atoms with Crippen LogP contribution in [0.3, 0.4) is 0 Å². The van der Waals surface area contributed by atoms with E-state index in [-0.39, 0.29) is 11.8 Å². The molecule has 0 unspecified atom stereocenters. The van der Waals surface area contributed by atoms with Crippen LogP contribution < -0.4 is 5.32 Å².